The summed E-state index contributed by atoms with van der Waals surface area (Å²) >= 11 is 0. The molecule has 0 saturated carbocycles. The first kappa shape index (κ1) is 17.9. The van der Waals surface area contributed by atoms with Crippen LogP contribution in [0.25, 0.3) is 0 Å². The number of phenols is 1. The van der Waals surface area contributed by atoms with E-state index in [1.807, 2.05) is 0 Å². The molecular weight excluding hydrogens is 329 g/mol. The summed E-state index contributed by atoms with van der Waals surface area (Å²) in [6.45, 7) is 0. The fraction of sp³-hybridized carbons (Fsp3) is 0.118. The molecule has 0 aliphatic rings. The van der Waals surface area contributed by atoms with Gasteiger partial charge >= 0.3 is 0 Å². The van der Waals surface area contributed by atoms with E-state index in [4.69, 9.17) is 4.74 Å². The highest BCUT2D eigenvalue weighted by atomic mass is 19.1. The minimum Gasteiger partial charge on any atom is -0.504 e. The molecule has 7 nitrogen and oxygen atoms in total. The zero-order chi connectivity index (χ0) is 18.2. The average molecular weight is 345 g/mol. The second kappa shape index (κ2) is 8.44. The topological polar surface area (TPSA) is 100 Å². The Kier molecular flexibility index (Phi) is 6.05. The van der Waals surface area contributed by atoms with Crippen LogP contribution in [0, 0.1) is 5.82 Å². The summed E-state index contributed by atoms with van der Waals surface area (Å²) in [4.78, 5) is 23.3. The average Bonchev–Trinajstić information content (AvgIpc) is 2.58. The van der Waals surface area contributed by atoms with Crippen molar-refractivity contribution < 1.29 is 23.8 Å². The Balaban J connectivity index is 1.86. The summed E-state index contributed by atoms with van der Waals surface area (Å²) in [6, 6.07) is 10.2. The van der Waals surface area contributed by atoms with E-state index in [1.165, 1.54) is 43.7 Å². The van der Waals surface area contributed by atoms with Crippen LogP contribution in [0.15, 0.2) is 47.6 Å². The van der Waals surface area contributed by atoms with Crippen LogP contribution in [0.3, 0.4) is 0 Å². The van der Waals surface area contributed by atoms with Gasteiger partial charge in [0.15, 0.2) is 11.5 Å². The number of aromatic hydroxyl groups is 1. The van der Waals surface area contributed by atoms with Gasteiger partial charge in [0.05, 0.1) is 19.0 Å². The molecule has 0 bridgehead atoms. The van der Waals surface area contributed by atoms with Crippen molar-refractivity contribution in [2.45, 2.75) is 6.42 Å². The molecule has 0 saturated heterocycles. The molecular formula is C17H16FN3O4. The normalized spacial score (nSPS) is 10.5. The summed E-state index contributed by atoms with van der Waals surface area (Å²) < 4.78 is 18.4. The number of carbonyl (C=O) groups excluding carboxylic acids is 2. The first-order valence-corrected chi connectivity index (χ1v) is 7.23. The van der Waals surface area contributed by atoms with Crippen LogP contribution < -0.4 is 15.5 Å². The van der Waals surface area contributed by atoms with Gasteiger partial charge in [-0.05, 0) is 35.9 Å². The van der Waals surface area contributed by atoms with E-state index in [0.29, 0.717) is 5.56 Å². The molecule has 0 heterocycles. The zero-order valence-electron chi connectivity index (χ0n) is 13.3. The molecule has 0 spiro atoms. The first-order valence-electron chi connectivity index (χ1n) is 7.23. The van der Waals surface area contributed by atoms with Crippen LogP contribution in [0.2, 0.25) is 0 Å². The van der Waals surface area contributed by atoms with Crippen molar-refractivity contribution in [1.82, 2.24) is 5.43 Å². The van der Waals surface area contributed by atoms with E-state index in [9.17, 15) is 19.1 Å². The van der Waals surface area contributed by atoms with E-state index in [-0.39, 0.29) is 17.2 Å². The molecule has 0 aliphatic carbocycles. The van der Waals surface area contributed by atoms with Crippen LogP contribution >= 0.6 is 0 Å². The highest BCUT2D eigenvalue weighted by Crippen LogP contribution is 2.25. The fourth-order valence-electron chi connectivity index (χ4n) is 1.90. The van der Waals surface area contributed by atoms with Gasteiger partial charge < -0.3 is 15.2 Å². The van der Waals surface area contributed by atoms with Crippen molar-refractivity contribution in [3.63, 3.8) is 0 Å². The number of phenolic OH excluding ortho intramolecular Hbond substituents is 1. The molecule has 0 aliphatic heterocycles. The van der Waals surface area contributed by atoms with Gasteiger partial charge in [0.2, 0.25) is 11.8 Å². The monoisotopic (exact) mass is 345 g/mol. The molecule has 0 unspecified atom stereocenters. The molecule has 0 radical (unpaired) electrons. The number of nitrogens with one attached hydrogen (secondary N) is 2. The Labute approximate surface area is 143 Å². The molecule has 0 atom stereocenters. The maximum Gasteiger partial charge on any atom is 0.249 e. The number of carbonyl (C=O) groups is 2. The lowest BCUT2D eigenvalue weighted by Gasteiger charge is -2.05. The van der Waals surface area contributed by atoms with E-state index in [2.05, 4.69) is 15.8 Å². The predicted octanol–water partition coefficient (Wildman–Crippen LogP) is 2.02. The molecule has 3 N–H and O–H groups in total. The minimum absolute atomic E-state index is 0.00000967. The van der Waals surface area contributed by atoms with E-state index < -0.39 is 24.1 Å². The fourth-order valence-corrected chi connectivity index (χ4v) is 1.90. The molecule has 2 rings (SSSR count). The number of ether oxygens (including phenoxy) is 1. The Morgan fingerprint density at radius 1 is 1.24 bits per heavy atom. The summed E-state index contributed by atoms with van der Waals surface area (Å²) in [5.74, 6) is -1.66. The first-order chi connectivity index (χ1) is 12.0. The third-order valence-corrected chi connectivity index (χ3v) is 3.08. The van der Waals surface area contributed by atoms with Gasteiger partial charge in [0, 0.05) is 0 Å². The number of halogens is 1. The highest BCUT2D eigenvalue weighted by Gasteiger charge is 2.11. The zero-order valence-corrected chi connectivity index (χ0v) is 13.3. The van der Waals surface area contributed by atoms with Crippen molar-refractivity contribution >= 4 is 23.7 Å². The third-order valence-electron chi connectivity index (χ3n) is 3.08. The Bertz CT molecular complexity index is 808. The molecule has 0 fully saturated rings. The molecule has 0 aromatic heterocycles. The largest absolute Gasteiger partial charge is 0.504 e. The highest BCUT2D eigenvalue weighted by molar-refractivity contribution is 6.03. The Morgan fingerprint density at radius 2 is 2.00 bits per heavy atom. The molecule has 2 aromatic carbocycles. The smallest absolute Gasteiger partial charge is 0.249 e. The van der Waals surface area contributed by atoms with Gasteiger partial charge in [-0.1, -0.05) is 12.1 Å². The maximum absolute atomic E-state index is 13.4. The number of rotatable bonds is 6. The van der Waals surface area contributed by atoms with Crippen LogP contribution in [0.5, 0.6) is 11.5 Å². The standard InChI is InChI=1S/C17H16FN3O4/c1-25-15-8-11(6-7-14(15)22)10-19-21-17(24)9-16(23)20-13-5-3-2-4-12(13)18/h2-8,10,22H,9H2,1H3,(H,20,23)(H,21,24)/b19-10+. The summed E-state index contributed by atoms with van der Waals surface area (Å²) in [6.07, 6.45) is 0.819. The van der Waals surface area contributed by atoms with Crippen LogP contribution in [-0.2, 0) is 9.59 Å². The number of amides is 2. The number of hydrazone groups is 1. The predicted molar refractivity (Wildman–Crippen MR) is 90.0 cm³/mol. The number of para-hydroxylation sites is 1. The number of hydrogen-bond acceptors (Lipinski definition) is 5. The Hall–Kier alpha value is -3.42. The molecule has 130 valence electrons. The van der Waals surface area contributed by atoms with Gasteiger partial charge in [-0.3, -0.25) is 9.59 Å². The van der Waals surface area contributed by atoms with Crippen molar-refractivity contribution in [3.05, 3.63) is 53.8 Å². The van der Waals surface area contributed by atoms with Crippen molar-refractivity contribution in [3.8, 4) is 11.5 Å². The molecule has 2 amide bonds. The molecule has 8 heteroatoms. The third kappa shape index (κ3) is 5.31. The number of anilines is 1. The van der Waals surface area contributed by atoms with Gasteiger partial charge in [-0.15, -0.1) is 0 Å². The number of methoxy groups -OCH3 is 1. The quantitative estimate of drug-likeness (QED) is 0.424. The molecule has 2 aromatic rings. The number of hydrogen-bond donors (Lipinski definition) is 3. The van der Waals surface area contributed by atoms with E-state index >= 15 is 0 Å². The molecule has 25 heavy (non-hydrogen) atoms. The van der Waals surface area contributed by atoms with Crippen LogP contribution in [0.4, 0.5) is 10.1 Å². The lowest BCUT2D eigenvalue weighted by Crippen LogP contribution is -2.24. The Morgan fingerprint density at radius 3 is 2.72 bits per heavy atom. The van der Waals surface area contributed by atoms with Gasteiger partial charge in [-0.2, -0.15) is 5.10 Å². The van der Waals surface area contributed by atoms with E-state index in [1.54, 1.807) is 12.1 Å². The SMILES string of the molecule is COc1cc(/C=N/NC(=O)CC(=O)Nc2ccccc2F)ccc1O. The summed E-state index contributed by atoms with van der Waals surface area (Å²) in [7, 11) is 1.41. The maximum atomic E-state index is 13.4. The van der Waals surface area contributed by atoms with Crippen molar-refractivity contribution in [2.24, 2.45) is 5.10 Å². The van der Waals surface area contributed by atoms with Gasteiger partial charge in [0.1, 0.15) is 12.2 Å². The number of benzene rings is 2. The van der Waals surface area contributed by atoms with Gasteiger partial charge in [0.25, 0.3) is 0 Å². The van der Waals surface area contributed by atoms with E-state index in [0.717, 1.165) is 0 Å². The summed E-state index contributed by atoms with van der Waals surface area (Å²) in [5, 5.41) is 15.5. The van der Waals surface area contributed by atoms with Crippen molar-refractivity contribution in [2.75, 3.05) is 12.4 Å². The second-order valence-corrected chi connectivity index (χ2v) is 4.93. The lowest BCUT2D eigenvalue weighted by atomic mass is 10.2. The van der Waals surface area contributed by atoms with Crippen LogP contribution in [-0.4, -0.2) is 30.2 Å². The minimum atomic E-state index is -0.663. The van der Waals surface area contributed by atoms with Crippen molar-refractivity contribution in [1.29, 1.82) is 0 Å². The van der Waals surface area contributed by atoms with Crippen LogP contribution in [0.1, 0.15) is 12.0 Å². The second-order valence-electron chi connectivity index (χ2n) is 4.93. The lowest BCUT2D eigenvalue weighted by molar-refractivity contribution is -0.126. The number of nitrogens with zero attached hydrogens (tertiary/aromatic N) is 1. The summed E-state index contributed by atoms with van der Waals surface area (Å²) in [5.41, 5.74) is 2.76. The van der Waals surface area contributed by atoms with Gasteiger partial charge in [-0.25, -0.2) is 9.82 Å².